The molecule has 0 bridgehead atoms. The summed E-state index contributed by atoms with van der Waals surface area (Å²) in [6.07, 6.45) is 2.17. The molecule has 4 rings (SSSR count). The number of morpholine rings is 1. The summed E-state index contributed by atoms with van der Waals surface area (Å²) in [5.74, 6) is 0.964. The van der Waals surface area contributed by atoms with Crippen molar-refractivity contribution in [3.63, 3.8) is 0 Å². The number of aryl methyl sites for hydroxylation is 3. The number of nitrogens with zero attached hydrogens (tertiary/aromatic N) is 6. The lowest BCUT2D eigenvalue weighted by Gasteiger charge is -2.32. The standard InChI is InChI=1S/C18H22N6O2/c1-13-11-22(2)18(19-13)16-12-23(9-10-26-16)17(25)7-8-24-15-6-4-3-5-14(15)20-21-24/h3-6,11,16H,7-10,12H2,1-2H3. The second-order valence-corrected chi connectivity index (χ2v) is 6.60. The van der Waals surface area contributed by atoms with Gasteiger partial charge in [-0.2, -0.15) is 0 Å². The fourth-order valence-corrected chi connectivity index (χ4v) is 3.41. The average molecular weight is 354 g/mol. The van der Waals surface area contributed by atoms with E-state index in [1.54, 1.807) is 4.68 Å². The molecule has 1 amide bonds. The Morgan fingerprint density at radius 2 is 2.19 bits per heavy atom. The van der Waals surface area contributed by atoms with Gasteiger partial charge in [0.15, 0.2) is 0 Å². The van der Waals surface area contributed by atoms with Crippen LogP contribution in [-0.2, 0) is 23.1 Å². The molecule has 0 spiro atoms. The SMILES string of the molecule is Cc1cn(C)c(C2CN(C(=O)CCn3nnc4ccccc43)CCO2)n1. The number of aromatic nitrogens is 5. The van der Waals surface area contributed by atoms with Crippen LogP contribution < -0.4 is 0 Å². The highest BCUT2D eigenvalue weighted by atomic mass is 16.5. The minimum absolute atomic E-state index is 0.101. The third-order valence-electron chi connectivity index (χ3n) is 4.70. The van der Waals surface area contributed by atoms with Crippen molar-refractivity contribution in [1.29, 1.82) is 0 Å². The van der Waals surface area contributed by atoms with Gasteiger partial charge in [-0.15, -0.1) is 5.10 Å². The van der Waals surface area contributed by atoms with Crippen LogP contribution in [0.15, 0.2) is 30.5 Å². The normalized spacial score (nSPS) is 17.8. The van der Waals surface area contributed by atoms with E-state index in [4.69, 9.17) is 4.74 Å². The lowest BCUT2D eigenvalue weighted by Crippen LogP contribution is -2.43. The second kappa shape index (κ2) is 6.87. The van der Waals surface area contributed by atoms with Gasteiger partial charge < -0.3 is 14.2 Å². The van der Waals surface area contributed by atoms with E-state index < -0.39 is 0 Å². The van der Waals surface area contributed by atoms with Crippen LogP contribution in [0.1, 0.15) is 24.0 Å². The molecular weight excluding hydrogens is 332 g/mol. The van der Waals surface area contributed by atoms with Gasteiger partial charge >= 0.3 is 0 Å². The summed E-state index contributed by atoms with van der Waals surface area (Å²) < 4.78 is 9.59. The van der Waals surface area contributed by atoms with Crippen molar-refractivity contribution in [2.75, 3.05) is 19.7 Å². The van der Waals surface area contributed by atoms with Gasteiger partial charge in [-0.3, -0.25) is 4.79 Å². The minimum Gasteiger partial charge on any atom is -0.367 e. The van der Waals surface area contributed by atoms with Crippen LogP contribution in [0, 0.1) is 6.92 Å². The molecule has 0 saturated carbocycles. The first kappa shape index (κ1) is 16.7. The highest BCUT2D eigenvalue weighted by Crippen LogP contribution is 2.22. The summed E-state index contributed by atoms with van der Waals surface area (Å²) >= 11 is 0. The summed E-state index contributed by atoms with van der Waals surface area (Å²) in [6, 6.07) is 7.77. The minimum atomic E-state index is -0.182. The molecule has 3 aromatic rings. The zero-order valence-corrected chi connectivity index (χ0v) is 15.0. The van der Waals surface area contributed by atoms with Crippen molar-refractivity contribution in [2.24, 2.45) is 7.05 Å². The van der Waals surface area contributed by atoms with Crippen LogP contribution in [0.2, 0.25) is 0 Å². The molecule has 26 heavy (non-hydrogen) atoms. The molecule has 1 atom stereocenters. The predicted molar refractivity (Wildman–Crippen MR) is 95.4 cm³/mol. The molecule has 2 aromatic heterocycles. The number of benzene rings is 1. The van der Waals surface area contributed by atoms with Gasteiger partial charge in [-0.05, 0) is 19.1 Å². The molecule has 1 aliphatic heterocycles. The fraction of sp³-hybridized carbons (Fsp3) is 0.444. The van der Waals surface area contributed by atoms with Crippen LogP contribution in [0.3, 0.4) is 0 Å². The highest BCUT2D eigenvalue weighted by molar-refractivity contribution is 5.77. The van der Waals surface area contributed by atoms with Gasteiger partial charge in [0.25, 0.3) is 0 Å². The molecule has 1 fully saturated rings. The van der Waals surface area contributed by atoms with Gasteiger partial charge in [0.05, 0.1) is 30.9 Å². The van der Waals surface area contributed by atoms with Crippen LogP contribution in [-0.4, -0.2) is 55.0 Å². The van der Waals surface area contributed by atoms with E-state index in [2.05, 4.69) is 15.3 Å². The number of para-hydroxylation sites is 1. The first-order valence-electron chi connectivity index (χ1n) is 8.79. The average Bonchev–Trinajstić information content (AvgIpc) is 3.22. The molecule has 1 aromatic carbocycles. The third kappa shape index (κ3) is 3.20. The lowest BCUT2D eigenvalue weighted by molar-refractivity contribution is -0.139. The highest BCUT2D eigenvalue weighted by Gasteiger charge is 2.28. The quantitative estimate of drug-likeness (QED) is 0.709. The zero-order valence-electron chi connectivity index (χ0n) is 15.0. The Bertz CT molecular complexity index is 931. The number of ether oxygens (including phenoxy) is 1. The van der Waals surface area contributed by atoms with Crippen molar-refractivity contribution in [2.45, 2.75) is 26.0 Å². The van der Waals surface area contributed by atoms with E-state index >= 15 is 0 Å². The second-order valence-electron chi connectivity index (χ2n) is 6.60. The topological polar surface area (TPSA) is 78.1 Å². The molecule has 1 unspecified atom stereocenters. The summed E-state index contributed by atoms with van der Waals surface area (Å²) in [4.78, 5) is 19.1. The molecule has 1 aliphatic rings. The van der Waals surface area contributed by atoms with Crippen molar-refractivity contribution in [3.05, 3.63) is 42.0 Å². The van der Waals surface area contributed by atoms with Gasteiger partial charge in [-0.1, -0.05) is 17.3 Å². The molecule has 1 saturated heterocycles. The number of hydrogen-bond donors (Lipinski definition) is 0. The van der Waals surface area contributed by atoms with Gasteiger partial charge in [-0.25, -0.2) is 9.67 Å². The van der Waals surface area contributed by atoms with E-state index in [1.807, 2.05) is 53.9 Å². The first-order chi connectivity index (χ1) is 12.6. The van der Waals surface area contributed by atoms with Gasteiger partial charge in [0.2, 0.25) is 5.91 Å². The van der Waals surface area contributed by atoms with Crippen molar-refractivity contribution >= 4 is 16.9 Å². The number of rotatable bonds is 4. The maximum atomic E-state index is 12.7. The largest absolute Gasteiger partial charge is 0.367 e. The summed E-state index contributed by atoms with van der Waals surface area (Å²) in [7, 11) is 1.95. The number of imidazole rings is 1. The van der Waals surface area contributed by atoms with Crippen LogP contribution in [0.5, 0.6) is 0 Å². The van der Waals surface area contributed by atoms with E-state index in [-0.39, 0.29) is 12.0 Å². The molecule has 0 radical (unpaired) electrons. The fourth-order valence-electron chi connectivity index (χ4n) is 3.41. The van der Waals surface area contributed by atoms with Crippen molar-refractivity contribution in [3.8, 4) is 0 Å². The Hall–Kier alpha value is -2.74. The van der Waals surface area contributed by atoms with Gasteiger partial charge in [0.1, 0.15) is 17.4 Å². The van der Waals surface area contributed by atoms with Crippen LogP contribution >= 0.6 is 0 Å². The molecule has 8 nitrogen and oxygen atoms in total. The molecule has 8 heteroatoms. The van der Waals surface area contributed by atoms with E-state index in [0.717, 1.165) is 22.6 Å². The summed E-state index contributed by atoms with van der Waals surface area (Å²) in [5, 5.41) is 8.28. The molecule has 3 heterocycles. The van der Waals surface area contributed by atoms with Crippen LogP contribution in [0.25, 0.3) is 11.0 Å². The first-order valence-corrected chi connectivity index (χ1v) is 8.79. The predicted octanol–water partition coefficient (Wildman–Crippen LogP) is 1.46. The maximum Gasteiger partial charge on any atom is 0.224 e. The van der Waals surface area contributed by atoms with Crippen molar-refractivity contribution < 1.29 is 9.53 Å². The molecular formula is C18H22N6O2. The lowest BCUT2D eigenvalue weighted by atomic mass is 10.2. The maximum absolute atomic E-state index is 12.7. The summed E-state index contributed by atoms with van der Waals surface area (Å²) in [6.45, 7) is 4.13. The number of carbonyl (C=O) groups is 1. The number of carbonyl (C=O) groups excluding carboxylic acids is 1. The zero-order chi connectivity index (χ0) is 18.1. The number of amides is 1. The van der Waals surface area contributed by atoms with E-state index in [9.17, 15) is 4.79 Å². The van der Waals surface area contributed by atoms with Crippen molar-refractivity contribution in [1.82, 2.24) is 29.4 Å². The van der Waals surface area contributed by atoms with Gasteiger partial charge in [0, 0.05) is 26.2 Å². The van der Waals surface area contributed by atoms with Crippen LogP contribution in [0.4, 0.5) is 0 Å². The Balaban J connectivity index is 1.40. The number of fused-ring (bicyclic) bond motifs is 1. The Labute approximate surface area is 151 Å². The molecule has 0 N–H and O–H groups in total. The molecule has 0 aliphatic carbocycles. The third-order valence-corrected chi connectivity index (χ3v) is 4.70. The Morgan fingerprint density at radius 3 is 3.00 bits per heavy atom. The monoisotopic (exact) mass is 354 g/mol. The number of hydrogen-bond acceptors (Lipinski definition) is 5. The van der Waals surface area contributed by atoms with E-state index in [0.29, 0.717) is 32.7 Å². The Morgan fingerprint density at radius 1 is 1.35 bits per heavy atom. The van der Waals surface area contributed by atoms with E-state index in [1.165, 1.54) is 0 Å². The molecule has 136 valence electrons. The summed E-state index contributed by atoms with van der Waals surface area (Å²) in [5.41, 5.74) is 2.74. The smallest absolute Gasteiger partial charge is 0.224 e. The Kier molecular flexibility index (Phi) is 4.42.